The Morgan fingerprint density at radius 2 is 2.12 bits per heavy atom. The summed E-state index contributed by atoms with van der Waals surface area (Å²) in [6.45, 7) is 0. The topological polar surface area (TPSA) is 64.1 Å². The van der Waals surface area contributed by atoms with Gasteiger partial charge in [0.2, 0.25) is 0 Å². The Morgan fingerprint density at radius 3 is 2.71 bits per heavy atom. The Balaban J connectivity index is 1.82. The summed E-state index contributed by atoms with van der Waals surface area (Å²) in [6, 6.07) is 0.382. The lowest BCUT2D eigenvalue weighted by Gasteiger charge is -2.27. The summed E-state index contributed by atoms with van der Waals surface area (Å²) in [5, 5.41) is 3.33. The summed E-state index contributed by atoms with van der Waals surface area (Å²) in [5.74, 6) is 0.789. The van der Waals surface area contributed by atoms with Crippen molar-refractivity contribution in [3.63, 3.8) is 0 Å². The van der Waals surface area contributed by atoms with Gasteiger partial charge in [-0.2, -0.15) is 0 Å². The number of carbonyl (C=O) groups is 1. The monoisotopic (exact) mass is 235 g/mol. The molecule has 1 heterocycles. The molecule has 17 heavy (non-hydrogen) atoms. The number of anilines is 1. The molecule has 92 valence electrons. The standard InChI is InChI=1S/C12H17N3O2/c1-17-12(16)9-2-4-10(5-3-9)15-11-8-13-6-7-14-11/h6-10H,2-5H2,1H3,(H,14,15). The van der Waals surface area contributed by atoms with Gasteiger partial charge in [-0.05, 0) is 25.7 Å². The average Bonchev–Trinajstić information content (AvgIpc) is 2.40. The van der Waals surface area contributed by atoms with Crippen molar-refractivity contribution in [2.75, 3.05) is 12.4 Å². The summed E-state index contributed by atoms with van der Waals surface area (Å²) < 4.78 is 4.76. The Labute approximate surface area is 101 Å². The number of esters is 1. The van der Waals surface area contributed by atoms with Crippen molar-refractivity contribution >= 4 is 11.8 Å². The molecule has 0 bridgehead atoms. The zero-order valence-corrected chi connectivity index (χ0v) is 9.93. The second-order valence-corrected chi connectivity index (χ2v) is 4.31. The fraction of sp³-hybridized carbons (Fsp3) is 0.583. The van der Waals surface area contributed by atoms with Crippen molar-refractivity contribution in [1.82, 2.24) is 9.97 Å². The maximum Gasteiger partial charge on any atom is 0.308 e. The molecule has 2 rings (SSSR count). The van der Waals surface area contributed by atoms with Gasteiger partial charge < -0.3 is 10.1 Å². The van der Waals surface area contributed by atoms with Crippen LogP contribution < -0.4 is 5.32 Å². The number of hydrogen-bond donors (Lipinski definition) is 1. The Morgan fingerprint density at radius 1 is 1.35 bits per heavy atom. The van der Waals surface area contributed by atoms with E-state index in [-0.39, 0.29) is 11.9 Å². The summed E-state index contributed by atoms with van der Waals surface area (Å²) in [4.78, 5) is 19.6. The van der Waals surface area contributed by atoms with Gasteiger partial charge in [-0.1, -0.05) is 0 Å². The summed E-state index contributed by atoms with van der Waals surface area (Å²) in [7, 11) is 1.45. The summed E-state index contributed by atoms with van der Waals surface area (Å²) in [6.07, 6.45) is 8.73. The molecule has 1 aliphatic rings. The van der Waals surface area contributed by atoms with Gasteiger partial charge in [0.15, 0.2) is 0 Å². The molecule has 1 fully saturated rings. The molecule has 1 aromatic heterocycles. The second-order valence-electron chi connectivity index (χ2n) is 4.31. The van der Waals surface area contributed by atoms with E-state index in [1.54, 1.807) is 18.6 Å². The largest absolute Gasteiger partial charge is 0.469 e. The fourth-order valence-corrected chi connectivity index (χ4v) is 2.22. The van der Waals surface area contributed by atoms with E-state index in [4.69, 9.17) is 4.74 Å². The number of ether oxygens (including phenoxy) is 1. The second kappa shape index (κ2) is 5.61. The van der Waals surface area contributed by atoms with Gasteiger partial charge in [-0.25, -0.2) is 4.98 Å². The van der Waals surface area contributed by atoms with E-state index in [1.807, 2.05) is 0 Å². The lowest BCUT2D eigenvalue weighted by molar-refractivity contribution is -0.146. The molecule has 0 spiro atoms. The number of carbonyl (C=O) groups excluding carboxylic acids is 1. The van der Waals surface area contributed by atoms with Gasteiger partial charge in [0.1, 0.15) is 5.82 Å². The summed E-state index contributed by atoms with van der Waals surface area (Å²) in [5.41, 5.74) is 0. The van der Waals surface area contributed by atoms with Crippen LogP contribution in [0.3, 0.4) is 0 Å². The maximum absolute atomic E-state index is 11.4. The van der Waals surface area contributed by atoms with Crippen LogP contribution in [0.25, 0.3) is 0 Å². The van der Waals surface area contributed by atoms with Gasteiger partial charge >= 0.3 is 5.97 Å². The van der Waals surface area contributed by atoms with Crippen molar-refractivity contribution in [2.24, 2.45) is 5.92 Å². The van der Waals surface area contributed by atoms with Crippen LogP contribution in [-0.2, 0) is 9.53 Å². The number of methoxy groups -OCH3 is 1. The van der Waals surface area contributed by atoms with Crippen LogP contribution in [0.1, 0.15) is 25.7 Å². The third-order valence-corrected chi connectivity index (χ3v) is 3.18. The zero-order valence-electron chi connectivity index (χ0n) is 9.93. The van der Waals surface area contributed by atoms with E-state index in [0.717, 1.165) is 31.5 Å². The minimum atomic E-state index is -0.0806. The molecule has 0 amide bonds. The third kappa shape index (κ3) is 3.15. The van der Waals surface area contributed by atoms with Crippen molar-refractivity contribution in [2.45, 2.75) is 31.7 Å². The van der Waals surface area contributed by atoms with E-state index in [1.165, 1.54) is 7.11 Å². The Bertz CT molecular complexity index is 361. The first kappa shape index (κ1) is 11.8. The van der Waals surface area contributed by atoms with E-state index in [2.05, 4.69) is 15.3 Å². The van der Waals surface area contributed by atoms with Crippen LogP contribution >= 0.6 is 0 Å². The van der Waals surface area contributed by atoms with Crippen molar-refractivity contribution < 1.29 is 9.53 Å². The van der Waals surface area contributed by atoms with Crippen LogP contribution in [-0.4, -0.2) is 29.1 Å². The van der Waals surface area contributed by atoms with Gasteiger partial charge in [0, 0.05) is 18.4 Å². The van der Waals surface area contributed by atoms with Crippen LogP contribution in [0.4, 0.5) is 5.82 Å². The number of aromatic nitrogens is 2. The number of nitrogens with one attached hydrogen (secondary N) is 1. The van der Waals surface area contributed by atoms with E-state index in [9.17, 15) is 4.79 Å². The molecular formula is C12H17N3O2. The quantitative estimate of drug-likeness (QED) is 0.806. The normalized spacial score (nSPS) is 24.1. The highest BCUT2D eigenvalue weighted by atomic mass is 16.5. The highest BCUT2D eigenvalue weighted by Gasteiger charge is 2.26. The molecule has 0 aliphatic heterocycles. The number of hydrogen-bond acceptors (Lipinski definition) is 5. The SMILES string of the molecule is COC(=O)C1CCC(Nc2cnccn2)CC1. The van der Waals surface area contributed by atoms with E-state index < -0.39 is 0 Å². The van der Waals surface area contributed by atoms with Crippen molar-refractivity contribution in [1.29, 1.82) is 0 Å². The molecule has 5 nitrogen and oxygen atoms in total. The fourth-order valence-electron chi connectivity index (χ4n) is 2.22. The Hall–Kier alpha value is -1.65. The number of rotatable bonds is 3. The molecule has 0 radical (unpaired) electrons. The molecule has 0 atom stereocenters. The minimum Gasteiger partial charge on any atom is -0.469 e. The molecule has 0 unspecified atom stereocenters. The highest BCUT2D eigenvalue weighted by Crippen LogP contribution is 2.26. The highest BCUT2D eigenvalue weighted by molar-refractivity contribution is 5.72. The van der Waals surface area contributed by atoms with Gasteiger partial charge in [0.25, 0.3) is 0 Å². The molecular weight excluding hydrogens is 218 g/mol. The molecule has 1 N–H and O–H groups in total. The predicted octanol–water partition coefficient (Wildman–Crippen LogP) is 1.62. The van der Waals surface area contributed by atoms with E-state index in [0.29, 0.717) is 6.04 Å². The zero-order chi connectivity index (χ0) is 12.1. The lowest BCUT2D eigenvalue weighted by Crippen LogP contribution is -2.30. The van der Waals surface area contributed by atoms with Crippen LogP contribution in [0.5, 0.6) is 0 Å². The van der Waals surface area contributed by atoms with Gasteiger partial charge in [0.05, 0.1) is 19.2 Å². The van der Waals surface area contributed by atoms with Crippen LogP contribution in [0, 0.1) is 5.92 Å². The van der Waals surface area contributed by atoms with Gasteiger partial charge in [-0.3, -0.25) is 9.78 Å². The third-order valence-electron chi connectivity index (χ3n) is 3.18. The van der Waals surface area contributed by atoms with Crippen molar-refractivity contribution in [3.8, 4) is 0 Å². The first-order valence-electron chi connectivity index (χ1n) is 5.90. The smallest absolute Gasteiger partial charge is 0.308 e. The maximum atomic E-state index is 11.4. The molecule has 0 saturated heterocycles. The number of nitrogens with zero attached hydrogens (tertiary/aromatic N) is 2. The Kier molecular flexibility index (Phi) is 3.90. The predicted molar refractivity (Wildman–Crippen MR) is 63.4 cm³/mol. The summed E-state index contributed by atoms with van der Waals surface area (Å²) >= 11 is 0. The molecule has 1 aromatic rings. The van der Waals surface area contributed by atoms with Crippen molar-refractivity contribution in [3.05, 3.63) is 18.6 Å². The van der Waals surface area contributed by atoms with Crippen LogP contribution in [0.2, 0.25) is 0 Å². The molecule has 5 heteroatoms. The first-order chi connectivity index (χ1) is 8.29. The molecule has 0 aromatic carbocycles. The van der Waals surface area contributed by atoms with E-state index >= 15 is 0 Å². The first-order valence-corrected chi connectivity index (χ1v) is 5.90. The lowest BCUT2D eigenvalue weighted by atomic mass is 9.86. The van der Waals surface area contributed by atoms with Crippen LogP contribution in [0.15, 0.2) is 18.6 Å². The minimum absolute atomic E-state index is 0.0694. The average molecular weight is 235 g/mol. The molecule has 1 saturated carbocycles. The van der Waals surface area contributed by atoms with Gasteiger partial charge in [-0.15, -0.1) is 0 Å². The molecule has 1 aliphatic carbocycles.